The smallest absolute Gasteiger partial charge is 0.206 e. The van der Waals surface area contributed by atoms with Gasteiger partial charge in [-0.2, -0.15) is 0 Å². The first-order valence-corrected chi connectivity index (χ1v) is 10.3. The number of ketones is 1. The van der Waals surface area contributed by atoms with Gasteiger partial charge >= 0.3 is 0 Å². The van der Waals surface area contributed by atoms with Crippen LogP contribution in [0.25, 0.3) is 5.57 Å². The number of rotatable bonds is 2. The highest BCUT2D eigenvalue weighted by Gasteiger charge is 2.20. The zero-order valence-corrected chi connectivity index (χ0v) is 18.9. The van der Waals surface area contributed by atoms with E-state index in [0.29, 0.717) is 17.9 Å². The van der Waals surface area contributed by atoms with Crippen LogP contribution >= 0.6 is 63.7 Å². The molecule has 0 fully saturated rings. The maximum absolute atomic E-state index is 12.0. The van der Waals surface area contributed by atoms with Crippen molar-refractivity contribution in [2.24, 2.45) is 0 Å². The molecule has 1 aliphatic rings. The Balaban J connectivity index is 2.33. The van der Waals surface area contributed by atoms with Crippen LogP contribution in [0.15, 0.2) is 78.1 Å². The highest BCUT2D eigenvalue weighted by atomic mass is 79.9. The third-order valence-corrected chi connectivity index (χ3v) is 6.04. The van der Waals surface area contributed by atoms with Crippen molar-refractivity contribution in [2.45, 2.75) is 0 Å². The van der Waals surface area contributed by atoms with Crippen molar-refractivity contribution >= 4 is 75.1 Å². The van der Waals surface area contributed by atoms with Gasteiger partial charge in [-0.25, -0.2) is 0 Å². The van der Waals surface area contributed by atoms with E-state index in [0.717, 1.165) is 22.3 Å². The summed E-state index contributed by atoms with van der Waals surface area (Å²) in [5.41, 5.74) is 3.74. The van der Waals surface area contributed by atoms with E-state index in [1.54, 1.807) is 0 Å². The summed E-state index contributed by atoms with van der Waals surface area (Å²) in [7, 11) is 0. The average molecular weight is 590 g/mol. The Morgan fingerprint density at radius 2 is 1.32 bits per heavy atom. The van der Waals surface area contributed by atoms with Gasteiger partial charge in [-0.05, 0) is 110 Å². The summed E-state index contributed by atoms with van der Waals surface area (Å²) < 4.78 is 2.15. The molecule has 0 aromatic heterocycles. The molecule has 2 aromatic rings. The number of carbonyl (C=O) groups is 1. The van der Waals surface area contributed by atoms with Crippen LogP contribution in [0.4, 0.5) is 0 Å². The van der Waals surface area contributed by atoms with E-state index in [9.17, 15) is 9.90 Å². The zero-order chi connectivity index (χ0) is 18.1. The Bertz CT molecular complexity index is 910. The number of aromatic hydroxyl groups is 1. The number of allylic oxidation sites excluding steroid dienone is 5. The fraction of sp³-hybridized carbons (Fsp3) is 0. The van der Waals surface area contributed by atoms with E-state index in [1.165, 1.54) is 0 Å². The van der Waals surface area contributed by atoms with E-state index in [-0.39, 0.29) is 11.5 Å². The van der Waals surface area contributed by atoms with Crippen molar-refractivity contribution in [2.75, 3.05) is 0 Å². The summed E-state index contributed by atoms with van der Waals surface area (Å²) in [6.07, 6.45) is 3.62. The largest absolute Gasteiger partial charge is 0.506 e. The molecule has 2 nitrogen and oxygen atoms in total. The normalized spacial score (nSPS) is 14.2. The summed E-state index contributed by atoms with van der Waals surface area (Å²) in [6, 6.07) is 13.6. The predicted molar refractivity (Wildman–Crippen MR) is 115 cm³/mol. The predicted octanol–water partition coefficient (Wildman–Crippen LogP) is 6.86. The minimum absolute atomic E-state index is 0.0933. The minimum Gasteiger partial charge on any atom is -0.506 e. The Kier molecular flexibility index (Phi) is 5.83. The lowest BCUT2D eigenvalue weighted by Gasteiger charge is -2.16. The monoisotopic (exact) mass is 586 g/mol. The summed E-state index contributed by atoms with van der Waals surface area (Å²) in [4.78, 5) is 12.0. The molecule has 25 heavy (non-hydrogen) atoms. The summed E-state index contributed by atoms with van der Waals surface area (Å²) in [6.45, 7) is 0. The van der Waals surface area contributed by atoms with Crippen molar-refractivity contribution in [3.63, 3.8) is 0 Å². The van der Waals surface area contributed by atoms with Crippen molar-refractivity contribution in [1.82, 2.24) is 0 Å². The number of phenolic OH excluding ortho intramolecular Hbond substituents is 1. The SMILES string of the molecule is O=C1C(Br)=CC(=C(c2ccccc2)c2cc(Br)c(O)c(Br)c2)C=C1Br. The second kappa shape index (κ2) is 7.74. The van der Waals surface area contributed by atoms with Gasteiger partial charge in [0.2, 0.25) is 5.78 Å². The van der Waals surface area contributed by atoms with Crippen LogP contribution in [0.1, 0.15) is 11.1 Å². The van der Waals surface area contributed by atoms with Gasteiger partial charge in [0.15, 0.2) is 0 Å². The van der Waals surface area contributed by atoms with E-state index in [2.05, 4.69) is 63.7 Å². The highest BCUT2D eigenvalue weighted by molar-refractivity contribution is 9.13. The zero-order valence-electron chi connectivity index (χ0n) is 12.6. The van der Waals surface area contributed by atoms with E-state index in [1.807, 2.05) is 54.6 Å². The maximum Gasteiger partial charge on any atom is 0.206 e. The van der Waals surface area contributed by atoms with Crippen molar-refractivity contribution in [3.8, 4) is 5.75 Å². The first kappa shape index (κ1) is 18.8. The van der Waals surface area contributed by atoms with Crippen LogP contribution in [-0.4, -0.2) is 10.9 Å². The maximum atomic E-state index is 12.0. The van der Waals surface area contributed by atoms with Gasteiger partial charge < -0.3 is 5.11 Å². The molecule has 0 atom stereocenters. The number of benzene rings is 2. The molecule has 1 aliphatic carbocycles. The van der Waals surface area contributed by atoms with E-state index in [4.69, 9.17) is 0 Å². The van der Waals surface area contributed by atoms with Crippen molar-refractivity contribution < 1.29 is 9.90 Å². The molecule has 1 N–H and O–H groups in total. The topological polar surface area (TPSA) is 37.3 Å². The molecule has 0 saturated carbocycles. The van der Waals surface area contributed by atoms with E-state index >= 15 is 0 Å². The number of halogens is 4. The van der Waals surface area contributed by atoms with Crippen LogP contribution in [0.3, 0.4) is 0 Å². The first-order valence-electron chi connectivity index (χ1n) is 7.15. The van der Waals surface area contributed by atoms with Gasteiger partial charge in [0, 0.05) is 0 Å². The van der Waals surface area contributed by atoms with Crippen molar-refractivity contribution in [3.05, 3.63) is 89.2 Å². The summed E-state index contributed by atoms with van der Waals surface area (Å²) >= 11 is 13.5. The third-order valence-electron chi connectivity index (χ3n) is 3.65. The number of hydrogen-bond donors (Lipinski definition) is 1. The second-order valence-electron chi connectivity index (χ2n) is 5.30. The quantitative estimate of drug-likeness (QED) is 0.416. The molecule has 2 aromatic carbocycles. The van der Waals surface area contributed by atoms with Crippen LogP contribution in [0.5, 0.6) is 5.75 Å². The Morgan fingerprint density at radius 1 is 0.800 bits per heavy atom. The fourth-order valence-corrected chi connectivity index (χ4v) is 4.89. The fourth-order valence-electron chi connectivity index (χ4n) is 2.52. The minimum atomic E-state index is -0.0933. The molecule has 3 rings (SSSR count). The van der Waals surface area contributed by atoms with Gasteiger partial charge in [0.05, 0.1) is 17.9 Å². The number of hydrogen-bond acceptors (Lipinski definition) is 2. The number of Topliss-reactive ketones (excluding diaryl/α,β-unsaturated/α-hetero) is 1. The molecule has 0 spiro atoms. The molecule has 0 bridgehead atoms. The van der Waals surface area contributed by atoms with Gasteiger partial charge in [-0.3, -0.25) is 4.79 Å². The molecule has 0 saturated heterocycles. The van der Waals surface area contributed by atoms with E-state index < -0.39 is 0 Å². The molecular weight excluding hydrogens is 580 g/mol. The van der Waals surface area contributed by atoms with Crippen molar-refractivity contribution in [1.29, 1.82) is 0 Å². The molecule has 0 radical (unpaired) electrons. The molecule has 0 unspecified atom stereocenters. The lowest BCUT2D eigenvalue weighted by atomic mass is 9.91. The average Bonchev–Trinajstić information content (AvgIpc) is 2.58. The summed E-state index contributed by atoms with van der Waals surface area (Å²) in [5.74, 6) is 0.0534. The van der Waals surface area contributed by atoms with Crippen LogP contribution in [0, 0.1) is 0 Å². The highest BCUT2D eigenvalue weighted by Crippen LogP contribution is 2.40. The molecule has 6 heteroatoms. The van der Waals surface area contributed by atoms with Gasteiger partial charge in [-0.15, -0.1) is 0 Å². The lowest BCUT2D eigenvalue weighted by Crippen LogP contribution is -2.04. The number of carbonyl (C=O) groups excluding carboxylic acids is 1. The van der Waals surface area contributed by atoms with Gasteiger partial charge in [0.1, 0.15) is 5.75 Å². The van der Waals surface area contributed by atoms with Crippen LogP contribution in [-0.2, 0) is 4.79 Å². The number of phenols is 1. The molecule has 126 valence electrons. The molecule has 0 amide bonds. The molecular formula is C19H10Br4O2. The van der Waals surface area contributed by atoms with Gasteiger partial charge in [0.25, 0.3) is 0 Å². The third kappa shape index (κ3) is 3.92. The lowest BCUT2D eigenvalue weighted by molar-refractivity contribution is -0.110. The Morgan fingerprint density at radius 3 is 1.84 bits per heavy atom. The van der Waals surface area contributed by atoms with Crippen LogP contribution in [0.2, 0.25) is 0 Å². The first-order chi connectivity index (χ1) is 11.9. The van der Waals surface area contributed by atoms with Gasteiger partial charge in [-0.1, -0.05) is 30.3 Å². The molecule has 0 heterocycles. The standard InChI is InChI=1S/C19H10Br4O2/c20-13-6-11(7-14(21)18(13)24)17(10-4-2-1-3-5-10)12-8-15(22)19(25)16(23)9-12/h1-9,24H. The summed E-state index contributed by atoms with van der Waals surface area (Å²) in [5, 5.41) is 10.0. The van der Waals surface area contributed by atoms with Crippen LogP contribution < -0.4 is 0 Å². The Labute approximate surface area is 178 Å². The second-order valence-corrected chi connectivity index (χ2v) is 8.72. The Hall–Kier alpha value is -0.950. The molecule has 0 aliphatic heterocycles.